The fourth-order valence-electron chi connectivity index (χ4n) is 3.31. The normalized spacial score (nSPS) is 11.8. The molecule has 0 saturated carbocycles. The summed E-state index contributed by atoms with van der Waals surface area (Å²) in [5.41, 5.74) is 8.51. The smallest absolute Gasteiger partial charge is 0.254 e. The van der Waals surface area contributed by atoms with Crippen LogP contribution in [0.5, 0.6) is 0 Å². The minimum Gasteiger partial charge on any atom is -0.394 e. The Morgan fingerprint density at radius 3 is 2.62 bits per heavy atom. The van der Waals surface area contributed by atoms with Crippen LogP contribution in [0.3, 0.4) is 0 Å². The molecule has 0 fully saturated rings. The molecule has 0 aliphatic carbocycles. The van der Waals surface area contributed by atoms with Gasteiger partial charge in [-0.05, 0) is 17.7 Å². The van der Waals surface area contributed by atoms with Gasteiger partial charge < -0.3 is 16.2 Å². The third-order valence-corrected chi connectivity index (χ3v) is 4.98. The summed E-state index contributed by atoms with van der Waals surface area (Å²) in [5.74, 6) is -1.24. The summed E-state index contributed by atoms with van der Waals surface area (Å²) in [6.07, 6.45) is 4.94. The lowest BCUT2D eigenvalue weighted by molar-refractivity contribution is 0.0912. The molecule has 0 aliphatic rings. The Morgan fingerprint density at radius 1 is 1.19 bits per heavy atom. The zero-order valence-electron chi connectivity index (χ0n) is 17.2. The molecule has 162 valence electrons. The number of benzene rings is 2. The number of amides is 1. The van der Waals surface area contributed by atoms with Gasteiger partial charge in [0.1, 0.15) is 17.3 Å². The molecule has 2 aromatic heterocycles. The van der Waals surface area contributed by atoms with E-state index in [1.165, 1.54) is 18.3 Å². The van der Waals surface area contributed by atoms with Crippen molar-refractivity contribution in [3.8, 4) is 22.5 Å². The molecule has 2 heterocycles. The van der Waals surface area contributed by atoms with E-state index in [2.05, 4.69) is 20.4 Å². The predicted molar refractivity (Wildman–Crippen MR) is 118 cm³/mol. The van der Waals surface area contributed by atoms with Crippen molar-refractivity contribution in [2.75, 3.05) is 12.3 Å². The fraction of sp³-hybridized carbons (Fsp3) is 0.130. The van der Waals surface area contributed by atoms with Crippen molar-refractivity contribution in [3.05, 3.63) is 84.1 Å². The van der Waals surface area contributed by atoms with Crippen molar-refractivity contribution >= 4 is 11.7 Å². The largest absolute Gasteiger partial charge is 0.394 e. The van der Waals surface area contributed by atoms with E-state index in [9.17, 15) is 14.3 Å². The van der Waals surface area contributed by atoms with Gasteiger partial charge in [0.25, 0.3) is 5.91 Å². The Balaban J connectivity index is 1.60. The monoisotopic (exact) mass is 432 g/mol. The SMILES string of the molecule is Cn1cc(-c2cnc(N)c(-c3ccc(C(=O)NC(CO)c4ccccc4)c(F)c3)n2)cn1. The van der Waals surface area contributed by atoms with Crippen LogP contribution in [0.1, 0.15) is 22.0 Å². The van der Waals surface area contributed by atoms with Crippen molar-refractivity contribution in [2.45, 2.75) is 6.04 Å². The minimum atomic E-state index is -0.738. The van der Waals surface area contributed by atoms with Crippen molar-refractivity contribution in [3.63, 3.8) is 0 Å². The van der Waals surface area contributed by atoms with Gasteiger partial charge in [-0.3, -0.25) is 9.48 Å². The van der Waals surface area contributed by atoms with Crippen LogP contribution in [0.2, 0.25) is 0 Å². The van der Waals surface area contributed by atoms with E-state index in [0.717, 1.165) is 11.1 Å². The van der Waals surface area contributed by atoms with E-state index >= 15 is 0 Å². The second-order valence-corrected chi connectivity index (χ2v) is 7.21. The lowest BCUT2D eigenvalue weighted by Gasteiger charge is -2.17. The second kappa shape index (κ2) is 8.94. The number of aliphatic hydroxyl groups is 1. The number of aryl methyl sites for hydroxylation is 1. The number of carbonyl (C=O) groups excluding carboxylic acids is 1. The van der Waals surface area contributed by atoms with Gasteiger partial charge in [0, 0.05) is 24.4 Å². The third-order valence-electron chi connectivity index (χ3n) is 4.98. The quantitative estimate of drug-likeness (QED) is 0.431. The average molecular weight is 432 g/mol. The number of aliphatic hydroxyl groups excluding tert-OH is 1. The molecule has 1 amide bonds. The summed E-state index contributed by atoms with van der Waals surface area (Å²) in [4.78, 5) is 21.3. The second-order valence-electron chi connectivity index (χ2n) is 7.21. The van der Waals surface area contributed by atoms with E-state index < -0.39 is 17.8 Å². The molecule has 0 radical (unpaired) electrons. The molecule has 2 aromatic carbocycles. The maximum Gasteiger partial charge on any atom is 0.254 e. The number of carbonyl (C=O) groups is 1. The number of hydrogen-bond donors (Lipinski definition) is 3. The van der Waals surface area contributed by atoms with Crippen LogP contribution in [0.15, 0.2) is 67.1 Å². The molecule has 0 bridgehead atoms. The summed E-state index contributed by atoms with van der Waals surface area (Å²) in [7, 11) is 1.79. The molecule has 1 atom stereocenters. The van der Waals surface area contributed by atoms with Crippen LogP contribution in [0.25, 0.3) is 22.5 Å². The lowest BCUT2D eigenvalue weighted by atomic mass is 10.0. The molecule has 0 spiro atoms. The van der Waals surface area contributed by atoms with E-state index in [-0.39, 0.29) is 18.0 Å². The molecule has 4 rings (SSSR count). The maximum absolute atomic E-state index is 14.9. The Labute approximate surface area is 183 Å². The van der Waals surface area contributed by atoms with Crippen LogP contribution in [-0.4, -0.2) is 37.4 Å². The first-order valence-electron chi connectivity index (χ1n) is 9.84. The Hall–Kier alpha value is -4.11. The summed E-state index contributed by atoms with van der Waals surface area (Å²) in [6.45, 7) is -0.317. The Kier molecular flexibility index (Phi) is 5.91. The van der Waals surface area contributed by atoms with E-state index in [1.807, 2.05) is 6.07 Å². The van der Waals surface area contributed by atoms with E-state index in [0.29, 0.717) is 17.0 Å². The number of nitrogens with two attached hydrogens (primary N) is 1. The molecule has 9 heteroatoms. The number of halogens is 1. The lowest BCUT2D eigenvalue weighted by Crippen LogP contribution is -2.31. The molecule has 1 unspecified atom stereocenters. The number of rotatable bonds is 6. The standard InChI is InChI=1S/C23H21FN6O2/c1-30-12-16(10-27-30)19-11-26-22(25)21(28-19)15-7-8-17(18(24)9-15)23(32)29-20(13-31)14-5-3-2-4-6-14/h2-12,20,31H,13H2,1H3,(H2,25,26)(H,29,32). The number of hydrogen-bond acceptors (Lipinski definition) is 6. The summed E-state index contributed by atoms with van der Waals surface area (Å²) >= 11 is 0. The predicted octanol–water partition coefficient (Wildman–Crippen LogP) is 2.73. The van der Waals surface area contributed by atoms with Gasteiger partial charge in [-0.25, -0.2) is 14.4 Å². The van der Waals surface area contributed by atoms with Crippen molar-refractivity contribution in [1.29, 1.82) is 0 Å². The molecule has 4 N–H and O–H groups in total. The first-order chi connectivity index (χ1) is 15.5. The van der Waals surface area contributed by atoms with Gasteiger partial charge in [-0.15, -0.1) is 0 Å². The van der Waals surface area contributed by atoms with Crippen LogP contribution in [-0.2, 0) is 7.05 Å². The highest BCUT2D eigenvalue weighted by Crippen LogP contribution is 2.27. The number of aromatic nitrogens is 4. The topological polar surface area (TPSA) is 119 Å². The number of nitrogens with one attached hydrogen (secondary N) is 1. The van der Waals surface area contributed by atoms with Crippen LogP contribution in [0, 0.1) is 5.82 Å². The van der Waals surface area contributed by atoms with Crippen LogP contribution < -0.4 is 11.1 Å². The minimum absolute atomic E-state index is 0.138. The molecular formula is C23H21FN6O2. The zero-order chi connectivity index (χ0) is 22.7. The Bertz CT molecular complexity index is 1260. The van der Waals surface area contributed by atoms with Crippen LogP contribution in [0.4, 0.5) is 10.2 Å². The third kappa shape index (κ3) is 4.33. The van der Waals surface area contributed by atoms with Gasteiger partial charge in [0.2, 0.25) is 0 Å². The van der Waals surface area contributed by atoms with Crippen LogP contribution >= 0.6 is 0 Å². The zero-order valence-corrected chi connectivity index (χ0v) is 17.2. The highest BCUT2D eigenvalue weighted by atomic mass is 19.1. The fourth-order valence-corrected chi connectivity index (χ4v) is 3.31. The number of nitrogen functional groups attached to an aromatic ring is 1. The molecular weight excluding hydrogens is 411 g/mol. The van der Waals surface area contributed by atoms with Gasteiger partial charge in [0.15, 0.2) is 0 Å². The van der Waals surface area contributed by atoms with Gasteiger partial charge >= 0.3 is 0 Å². The van der Waals surface area contributed by atoms with Gasteiger partial charge in [0.05, 0.1) is 36.3 Å². The van der Waals surface area contributed by atoms with E-state index in [4.69, 9.17) is 5.73 Å². The van der Waals surface area contributed by atoms with Gasteiger partial charge in [-0.2, -0.15) is 5.10 Å². The average Bonchev–Trinajstić information content (AvgIpc) is 3.24. The molecule has 8 nitrogen and oxygen atoms in total. The molecule has 0 saturated heterocycles. The molecule has 0 aliphatic heterocycles. The van der Waals surface area contributed by atoms with Crippen molar-refractivity contribution in [1.82, 2.24) is 25.1 Å². The van der Waals surface area contributed by atoms with Crippen molar-refractivity contribution in [2.24, 2.45) is 7.05 Å². The summed E-state index contributed by atoms with van der Waals surface area (Å²) in [5, 5.41) is 16.4. The van der Waals surface area contributed by atoms with Gasteiger partial charge in [-0.1, -0.05) is 36.4 Å². The Morgan fingerprint density at radius 2 is 1.97 bits per heavy atom. The highest BCUT2D eigenvalue weighted by molar-refractivity contribution is 5.95. The number of anilines is 1. The first-order valence-corrected chi connectivity index (χ1v) is 9.84. The molecule has 4 aromatic rings. The first kappa shape index (κ1) is 21.1. The highest BCUT2D eigenvalue weighted by Gasteiger charge is 2.19. The maximum atomic E-state index is 14.9. The summed E-state index contributed by atoms with van der Waals surface area (Å²) in [6, 6.07) is 12.4. The number of nitrogens with zero attached hydrogens (tertiary/aromatic N) is 4. The van der Waals surface area contributed by atoms with Crippen molar-refractivity contribution < 1.29 is 14.3 Å². The van der Waals surface area contributed by atoms with E-state index in [1.54, 1.807) is 54.5 Å². The summed E-state index contributed by atoms with van der Waals surface area (Å²) < 4.78 is 16.5. The molecule has 32 heavy (non-hydrogen) atoms.